The second kappa shape index (κ2) is 9.44. The van der Waals surface area contributed by atoms with Crippen LogP contribution in [-0.4, -0.2) is 51.1 Å². The van der Waals surface area contributed by atoms with Gasteiger partial charge in [-0.2, -0.15) is 0 Å². The number of aromatic nitrogens is 1. The molecule has 2 N–H and O–H groups in total. The Morgan fingerprint density at radius 2 is 2.14 bits per heavy atom. The number of quaternary nitrogens is 1. The summed E-state index contributed by atoms with van der Waals surface area (Å²) in [5.41, 5.74) is 2.88. The Balaban J connectivity index is 1.44. The normalized spacial score (nSPS) is 25.9. The zero-order valence-corrected chi connectivity index (χ0v) is 20.3. The molecule has 5 atom stereocenters. The van der Waals surface area contributed by atoms with Gasteiger partial charge in [-0.15, -0.1) is 6.58 Å². The number of anilines is 1. The number of aliphatic hydroxyl groups excluding tert-OH is 1. The largest absolute Gasteiger partial charge is 0.382 e. The molecule has 2 aromatic carbocycles. The smallest absolute Gasteiger partial charge is 0.279 e. The summed E-state index contributed by atoms with van der Waals surface area (Å²) in [4.78, 5) is 28.4. The van der Waals surface area contributed by atoms with Gasteiger partial charge in [0, 0.05) is 48.2 Å². The third-order valence-corrected chi connectivity index (χ3v) is 8.19. The Labute approximate surface area is 210 Å². The van der Waals surface area contributed by atoms with Gasteiger partial charge in [-0.1, -0.05) is 24.3 Å². The van der Waals surface area contributed by atoms with Crippen LogP contribution in [0.5, 0.6) is 0 Å². The first kappa shape index (κ1) is 24.1. The van der Waals surface area contributed by atoms with Crippen molar-refractivity contribution < 1.29 is 19.3 Å². The van der Waals surface area contributed by atoms with Gasteiger partial charge in [0.25, 0.3) is 11.6 Å². The molecule has 8 heteroatoms. The first-order chi connectivity index (χ1) is 17.3. The molecule has 4 heterocycles. The van der Waals surface area contributed by atoms with Crippen LogP contribution in [0.15, 0.2) is 67.4 Å². The van der Waals surface area contributed by atoms with E-state index >= 15 is 0 Å². The molecule has 0 saturated carbocycles. The molecule has 36 heavy (non-hydrogen) atoms. The molecule has 3 saturated heterocycles. The standard InChI is InChI=1S/C28H30N4O4/c1-3-19-16-32(17-27(33)30-24-9-8-21(31(35)36)14-18(24)2)13-11-20(19)15-26(32)28(34)23-10-12-29-25-7-5-4-6-22(23)25/h3-10,12,14,19-20,26,28,34H,1,11,13,15-17H2,2H3/p+1/t19?,20-,26?,28+,32?/m0/s1. The van der Waals surface area contributed by atoms with Crippen LogP contribution >= 0.6 is 0 Å². The van der Waals surface area contributed by atoms with Crippen LogP contribution in [0, 0.1) is 28.9 Å². The van der Waals surface area contributed by atoms with E-state index in [0.29, 0.717) is 27.6 Å². The number of para-hydroxylation sites is 1. The summed E-state index contributed by atoms with van der Waals surface area (Å²) >= 11 is 0. The molecule has 0 aliphatic carbocycles. The number of nitro groups is 1. The minimum Gasteiger partial charge on any atom is -0.382 e. The molecular weight excluding hydrogens is 456 g/mol. The van der Waals surface area contributed by atoms with Crippen molar-refractivity contribution in [2.45, 2.75) is 31.9 Å². The predicted molar refractivity (Wildman–Crippen MR) is 138 cm³/mol. The van der Waals surface area contributed by atoms with Gasteiger partial charge in [0.1, 0.15) is 12.1 Å². The number of piperidine rings is 3. The molecule has 0 spiro atoms. The van der Waals surface area contributed by atoms with Crippen LogP contribution in [0.25, 0.3) is 10.9 Å². The minimum absolute atomic E-state index is 0.00735. The predicted octanol–water partition coefficient (Wildman–Crippen LogP) is 4.53. The molecule has 3 aliphatic rings. The van der Waals surface area contributed by atoms with Crippen molar-refractivity contribution in [3.05, 3.63) is 88.6 Å². The maximum atomic E-state index is 13.4. The average Bonchev–Trinajstić information content (AvgIpc) is 2.88. The Morgan fingerprint density at radius 1 is 1.33 bits per heavy atom. The molecule has 1 amide bonds. The summed E-state index contributed by atoms with van der Waals surface area (Å²) in [5, 5.41) is 26.7. The zero-order valence-electron chi connectivity index (χ0n) is 20.3. The number of carbonyl (C=O) groups is 1. The number of fused-ring (bicyclic) bond motifs is 4. The fourth-order valence-electron chi connectivity index (χ4n) is 6.34. The van der Waals surface area contributed by atoms with E-state index in [4.69, 9.17) is 0 Å². The van der Waals surface area contributed by atoms with Crippen molar-refractivity contribution in [2.24, 2.45) is 11.8 Å². The lowest BCUT2D eigenvalue weighted by Crippen LogP contribution is -2.69. The maximum absolute atomic E-state index is 13.4. The summed E-state index contributed by atoms with van der Waals surface area (Å²) in [6.45, 7) is 7.58. The number of non-ortho nitro benzene ring substituents is 1. The quantitative estimate of drug-likeness (QED) is 0.220. The maximum Gasteiger partial charge on any atom is 0.279 e. The number of nitro benzene ring substituents is 1. The van der Waals surface area contributed by atoms with Crippen molar-refractivity contribution >= 4 is 28.2 Å². The summed E-state index contributed by atoms with van der Waals surface area (Å²) in [5.74, 6) is 0.576. The number of nitrogens with zero attached hydrogens (tertiary/aromatic N) is 3. The number of nitrogens with one attached hydrogen (secondary N) is 1. The number of benzene rings is 2. The van der Waals surface area contributed by atoms with E-state index in [9.17, 15) is 20.0 Å². The first-order valence-corrected chi connectivity index (χ1v) is 12.4. The average molecular weight is 488 g/mol. The van der Waals surface area contributed by atoms with E-state index in [2.05, 4.69) is 16.9 Å². The van der Waals surface area contributed by atoms with Gasteiger partial charge in [-0.25, -0.2) is 0 Å². The van der Waals surface area contributed by atoms with Crippen LogP contribution in [0.1, 0.15) is 30.1 Å². The van der Waals surface area contributed by atoms with Crippen molar-refractivity contribution in [2.75, 3.05) is 25.0 Å². The fourth-order valence-corrected chi connectivity index (χ4v) is 6.34. The van der Waals surface area contributed by atoms with Gasteiger partial charge in [0.15, 0.2) is 6.54 Å². The van der Waals surface area contributed by atoms with Crippen LogP contribution in [0.3, 0.4) is 0 Å². The summed E-state index contributed by atoms with van der Waals surface area (Å²) in [6, 6.07) is 14.0. The number of hydrogen-bond donors (Lipinski definition) is 2. The third kappa shape index (κ3) is 4.27. The van der Waals surface area contributed by atoms with Gasteiger partial charge in [0.05, 0.1) is 23.5 Å². The molecule has 6 rings (SSSR count). The van der Waals surface area contributed by atoms with E-state index in [0.717, 1.165) is 42.4 Å². The highest BCUT2D eigenvalue weighted by atomic mass is 16.6. The SMILES string of the molecule is C=CC1C[N+]2(CC(=O)Nc3ccc([N+](=O)[O-])cc3C)CC[C@H]1CC2[C@H](O)c1ccnc2ccccc12. The third-order valence-electron chi connectivity index (χ3n) is 8.19. The molecule has 186 valence electrons. The summed E-state index contributed by atoms with van der Waals surface area (Å²) in [6.07, 6.45) is 4.80. The Kier molecular flexibility index (Phi) is 6.32. The van der Waals surface area contributed by atoms with Crippen molar-refractivity contribution in [1.29, 1.82) is 0 Å². The number of amides is 1. The van der Waals surface area contributed by atoms with Crippen LogP contribution < -0.4 is 5.32 Å². The van der Waals surface area contributed by atoms with Crippen LogP contribution in [-0.2, 0) is 4.79 Å². The minimum atomic E-state index is -0.736. The fraction of sp³-hybridized carbons (Fsp3) is 0.357. The van der Waals surface area contributed by atoms with Gasteiger partial charge < -0.3 is 14.9 Å². The van der Waals surface area contributed by atoms with Gasteiger partial charge >= 0.3 is 0 Å². The molecule has 0 radical (unpaired) electrons. The number of hydrogen-bond acceptors (Lipinski definition) is 5. The molecule has 3 unspecified atom stereocenters. The second-order valence-corrected chi connectivity index (χ2v) is 10.2. The molecular formula is C28H31N4O4+. The van der Waals surface area contributed by atoms with Crippen LogP contribution in [0.4, 0.5) is 11.4 Å². The molecule has 1 aromatic heterocycles. The highest BCUT2D eigenvalue weighted by Gasteiger charge is 2.54. The van der Waals surface area contributed by atoms with Gasteiger partial charge in [0.2, 0.25) is 0 Å². The number of pyridine rings is 1. The Hall–Kier alpha value is -3.62. The summed E-state index contributed by atoms with van der Waals surface area (Å²) in [7, 11) is 0. The number of rotatable bonds is 7. The Morgan fingerprint density at radius 3 is 2.89 bits per heavy atom. The lowest BCUT2D eigenvalue weighted by Gasteiger charge is -2.57. The highest BCUT2D eigenvalue weighted by molar-refractivity contribution is 5.92. The van der Waals surface area contributed by atoms with E-state index in [1.807, 2.05) is 36.4 Å². The van der Waals surface area contributed by atoms with Crippen LogP contribution in [0.2, 0.25) is 0 Å². The second-order valence-electron chi connectivity index (χ2n) is 10.2. The van der Waals surface area contributed by atoms with Gasteiger partial charge in [-0.3, -0.25) is 19.9 Å². The van der Waals surface area contributed by atoms with E-state index < -0.39 is 11.0 Å². The lowest BCUT2D eigenvalue weighted by molar-refractivity contribution is -0.966. The Bertz CT molecular complexity index is 1340. The van der Waals surface area contributed by atoms with Crippen molar-refractivity contribution in [3.8, 4) is 0 Å². The molecule has 3 aliphatic heterocycles. The molecule has 8 nitrogen and oxygen atoms in total. The van der Waals surface area contributed by atoms with Gasteiger partial charge in [-0.05, 0) is 42.2 Å². The highest BCUT2D eigenvalue weighted by Crippen LogP contribution is 2.47. The number of carbonyl (C=O) groups excluding carboxylic acids is 1. The van der Waals surface area contributed by atoms with Crippen molar-refractivity contribution in [3.63, 3.8) is 0 Å². The first-order valence-electron chi connectivity index (χ1n) is 12.4. The summed E-state index contributed by atoms with van der Waals surface area (Å²) < 4.78 is 0.489. The topological polar surface area (TPSA) is 105 Å². The zero-order chi connectivity index (χ0) is 25.4. The number of aryl methyl sites for hydroxylation is 1. The monoisotopic (exact) mass is 487 g/mol. The molecule has 2 bridgehead atoms. The van der Waals surface area contributed by atoms with E-state index in [1.54, 1.807) is 19.2 Å². The van der Waals surface area contributed by atoms with E-state index in [-0.39, 0.29) is 24.2 Å². The van der Waals surface area contributed by atoms with Crippen molar-refractivity contribution in [1.82, 2.24) is 4.98 Å². The lowest BCUT2D eigenvalue weighted by atomic mass is 9.71. The van der Waals surface area contributed by atoms with E-state index in [1.165, 1.54) is 12.1 Å². The number of aliphatic hydroxyl groups is 1. The molecule has 3 fully saturated rings. The molecule has 3 aromatic rings.